The third kappa shape index (κ3) is 1.72. The minimum absolute atomic E-state index is 0.111. The van der Waals surface area contributed by atoms with Crippen LogP contribution < -0.4 is 5.73 Å². The van der Waals surface area contributed by atoms with Gasteiger partial charge in [0.1, 0.15) is 0 Å². The molecule has 0 bridgehead atoms. The van der Waals surface area contributed by atoms with Gasteiger partial charge >= 0.3 is 0 Å². The molecule has 3 nitrogen and oxygen atoms in total. The van der Waals surface area contributed by atoms with Crippen molar-refractivity contribution in [1.82, 2.24) is 0 Å². The summed E-state index contributed by atoms with van der Waals surface area (Å²) in [6.07, 6.45) is -0.392. The summed E-state index contributed by atoms with van der Waals surface area (Å²) >= 11 is 0. The first-order valence-corrected chi connectivity index (χ1v) is 4.39. The largest absolute Gasteiger partial charge is 0.322 e. The fraction of sp³-hybridized carbons (Fsp3) is 0.400. The van der Waals surface area contributed by atoms with E-state index in [1.807, 2.05) is 37.3 Å². The highest BCUT2D eigenvalue weighted by atomic mass is 16.9. The molecule has 1 aromatic rings. The fourth-order valence-corrected chi connectivity index (χ4v) is 1.39. The molecule has 70 valence electrons. The Bertz CT molecular complexity index is 270. The molecule has 0 radical (unpaired) electrons. The zero-order chi connectivity index (χ0) is 9.26. The summed E-state index contributed by atoms with van der Waals surface area (Å²) in [7, 11) is 0. The van der Waals surface area contributed by atoms with Gasteiger partial charge in [-0.1, -0.05) is 30.3 Å². The molecule has 1 fully saturated rings. The van der Waals surface area contributed by atoms with Crippen molar-refractivity contribution >= 4 is 0 Å². The van der Waals surface area contributed by atoms with E-state index in [2.05, 4.69) is 0 Å². The first-order valence-electron chi connectivity index (χ1n) is 4.39. The quantitative estimate of drug-likeness (QED) is 0.746. The monoisotopic (exact) mass is 179 g/mol. The maximum Gasteiger partial charge on any atom is 0.182 e. The van der Waals surface area contributed by atoms with Gasteiger partial charge < -0.3 is 15.2 Å². The lowest BCUT2D eigenvalue weighted by molar-refractivity contribution is -0.382. The highest BCUT2D eigenvalue weighted by Crippen LogP contribution is 2.26. The topological polar surface area (TPSA) is 44.5 Å². The Labute approximate surface area is 77.5 Å². The van der Waals surface area contributed by atoms with Gasteiger partial charge in [-0.15, -0.1) is 0 Å². The Morgan fingerprint density at radius 3 is 2.38 bits per heavy atom. The zero-order valence-corrected chi connectivity index (χ0v) is 7.51. The van der Waals surface area contributed by atoms with Gasteiger partial charge in [-0.25, -0.2) is 0 Å². The second-order valence-corrected chi connectivity index (χ2v) is 3.14. The molecule has 1 aliphatic heterocycles. The average molecular weight is 179 g/mol. The van der Waals surface area contributed by atoms with E-state index in [1.165, 1.54) is 0 Å². The Kier molecular flexibility index (Phi) is 2.31. The smallest absolute Gasteiger partial charge is 0.182 e. The molecular formula is C10H13NO2. The van der Waals surface area contributed by atoms with Crippen molar-refractivity contribution in [1.29, 1.82) is 0 Å². The Hall–Kier alpha value is -0.900. The molecule has 0 aliphatic carbocycles. The Morgan fingerprint density at radius 2 is 1.85 bits per heavy atom. The molecular weight excluding hydrogens is 166 g/mol. The van der Waals surface area contributed by atoms with E-state index in [9.17, 15) is 0 Å². The lowest BCUT2D eigenvalue weighted by atomic mass is 10.1. The van der Waals surface area contributed by atoms with E-state index in [0.29, 0.717) is 0 Å². The van der Waals surface area contributed by atoms with Gasteiger partial charge in [0, 0.05) is 0 Å². The first kappa shape index (κ1) is 8.69. The van der Waals surface area contributed by atoms with Gasteiger partial charge in [-0.3, -0.25) is 0 Å². The summed E-state index contributed by atoms with van der Waals surface area (Å²) < 4.78 is 10.6. The number of nitrogens with two attached hydrogens (primary N) is 1. The van der Waals surface area contributed by atoms with Crippen LogP contribution in [0, 0.1) is 0 Å². The van der Waals surface area contributed by atoms with Gasteiger partial charge in [-0.05, 0) is 12.5 Å². The SMILES string of the molecule is CC1OC(C(N)c2ccccc2)O1. The van der Waals surface area contributed by atoms with Gasteiger partial charge in [-0.2, -0.15) is 0 Å². The summed E-state index contributed by atoms with van der Waals surface area (Å²) in [6.45, 7) is 1.86. The van der Waals surface area contributed by atoms with Crippen molar-refractivity contribution in [2.24, 2.45) is 5.73 Å². The van der Waals surface area contributed by atoms with Crippen molar-refractivity contribution in [3.63, 3.8) is 0 Å². The van der Waals surface area contributed by atoms with E-state index in [1.54, 1.807) is 0 Å². The van der Waals surface area contributed by atoms with E-state index in [4.69, 9.17) is 15.2 Å². The fourth-order valence-electron chi connectivity index (χ4n) is 1.39. The molecule has 2 N–H and O–H groups in total. The average Bonchev–Trinajstić information content (AvgIpc) is 2.13. The third-order valence-corrected chi connectivity index (χ3v) is 2.13. The Morgan fingerprint density at radius 1 is 1.23 bits per heavy atom. The summed E-state index contributed by atoms with van der Waals surface area (Å²) in [5.74, 6) is 0. The van der Waals surface area contributed by atoms with Crippen LogP contribution in [0.15, 0.2) is 30.3 Å². The van der Waals surface area contributed by atoms with Gasteiger partial charge in [0.15, 0.2) is 12.6 Å². The van der Waals surface area contributed by atoms with Crippen LogP contribution in [-0.4, -0.2) is 12.6 Å². The molecule has 0 amide bonds. The highest BCUT2D eigenvalue weighted by molar-refractivity contribution is 5.19. The summed E-state index contributed by atoms with van der Waals surface area (Å²) in [6, 6.07) is 9.63. The summed E-state index contributed by atoms with van der Waals surface area (Å²) in [5, 5.41) is 0. The minimum atomic E-state index is -0.280. The predicted octanol–water partition coefficient (Wildman–Crippen LogP) is 1.41. The second kappa shape index (κ2) is 3.46. The molecule has 0 aromatic heterocycles. The maximum absolute atomic E-state index is 5.91. The standard InChI is InChI=1S/C10H13NO2/c1-7-12-10(13-7)9(11)8-5-3-2-4-6-8/h2-7,9-10H,11H2,1H3. The van der Waals surface area contributed by atoms with Gasteiger partial charge in [0.25, 0.3) is 0 Å². The number of ether oxygens (including phenoxy) is 2. The van der Waals surface area contributed by atoms with Crippen LogP contribution in [0.2, 0.25) is 0 Å². The molecule has 1 heterocycles. The van der Waals surface area contributed by atoms with Crippen molar-refractivity contribution < 1.29 is 9.47 Å². The lowest BCUT2D eigenvalue weighted by Gasteiger charge is -2.37. The van der Waals surface area contributed by atoms with Crippen LogP contribution in [0.25, 0.3) is 0 Å². The normalized spacial score (nSPS) is 29.4. The molecule has 1 aromatic carbocycles. The van der Waals surface area contributed by atoms with E-state index in [-0.39, 0.29) is 18.6 Å². The van der Waals surface area contributed by atoms with Crippen molar-refractivity contribution in [3.05, 3.63) is 35.9 Å². The third-order valence-electron chi connectivity index (χ3n) is 2.13. The van der Waals surface area contributed by atoms with E-state index >= 15 is 0 Å². The van der Waals surface area contributed by atoms with Gasteiger partial charge in [0.05, 0.1) is 6.04 Å². The number of hydrogen-bond donors (Lipinski definition) is 1. The molecule has 0 spiro atoms. The number of rotatable bonds is 2. The Balaban J connectivity index is 2.02. The summed E-state index contributed by atoms with van der Waals surface area (Å²) in [5.41, 5.74) is 6.95. The first-order chi connectivity index (χ1) is 6.27. The second-order valence-electron chi connectivity index (χ2n) is 3.14. The molecule has 0 saturated carbocycles. The van der Waals surface area contributed by atoms with Crippen molar-refractivity contribution in [2.75, 3.05) is 0 Å². The molecule has 1 aliphatic rings. The summed E-state index contributed by atoms with van der Waals surface area (Å²) in [4.78, 5) is 0. The van der Waals surface area contributed by atoms with Crippen molar-refractivity contribution in [2.45, 2.75) is 25.5 Å². The maximum atomic E-state index is 5.91. The van der Waals surface area contributed by atoms with Crippen LogP contribution in [0.4, 0.5) is 0 Å². The van der Waals surface area contributed by atoms with E-state index < -0.39 is 0 Å². The van der Waals surface area contributed by atoms with E-state index in [0.717, 1.165) is 5.56 Å². The van der Waals surface area contributed by atoms with Crippen LogP contribution in [0.1, 0.15) is 18.5 Å². The zero-order valence-electron chi connectivity index (χ0n) is 7.51. The molecule has 1 saturated heterocycles. The number of hydrogen-bond acceptors (Lipinski definition) is 3. The number of benzene rings is 1. The lowest BCUT2D eigenvalue weighted by Crippen LogP contribution is -2.45. The predicted molar refractivity (Wildman–Crippen MR) is 48.8 cm³/mol. The molecule has 3 heteroatoms. The van der Waals surface area contributed by atoms with Crippen LogP contribution in [0.5, 0.6) is 0 Å². The molecule has 1 atom stereocenters. The van der Waals surface area contributed by atoms with Crippen LogP contribution >= 0.6 is 0 Å². The molecule has 2 rings (SSSR count). The van der Waals surface area contributed by atoms with Crippen LogP contribution in [-0.2, 0) is 9.47 Å². The van der Waals surface area contributed by atoms with Crippen LogP contribution in [0.3, 0.4) is 0 Å². The minimum Gasteiger partial charge on any atom is -0.322 e. The molecule has 1 unspecified atom stereocenters. The van der Waals surface area contributed by atoms with Gasteiger partial charge in [0.2, 0.25) is 0 Å². The molecule has 13 heavy (non-hydrogen) atoms. The van der Waals surface area contributed by atoms with Crippen molar-refractivity contribution in [3.8, 4) is 0 Å². The highest BCUT2D eigenvalue weighted by Gasteiger charge is 2.32.